The van der Waals surface area contributed by atoms with Gasteiger partial charge >= 0.3 is 12.1 Å². The van der Waals surface area contributed by atoms with Crippen molar-refractivity contribution in [2.45, 2.75) is 103 Å². The fourth-order valence-corrected chi connectivity index (χ4v) is 7.82. The van der Waals surface area contributed by atoms with Gasteiger partial charge in [0.05, 0.1) is 18.2 Å². The van der Waals surface area contributed by atoms with Gasteiger partial charge in [-0.25, -0.2) is 9.59 Å². The predicted octanol–water partition coefficient (Wildman–Crippen LogP) is 7.65. The van der Waals surface area contributed by atoms with Crippen molar-refractivity contribution in [3.05, 3.63) is 106 Å². The van der Waals surface area contributed by atoms with Crippen molar-refractivity contribution in [1.29, 1.82) is 0 Å². The van der Waals surface area contributed by atoms with Crippen LogP contribution in [0.1, 0.15) is 105 Å². The zero-order chi connectivity index (χ0) is 37.9. The first-order valence-electron chi connectivity index (χ1n) is 18.5. The van der Waals surface area contributed by atoms with Crippen LogP contribution in [0.15, 0.2) is 77.9 Å². The second-order valence-corrected chi connectivity index (χ2v) is 15.0. The molecule has 2 heterocycles. The number of carbonyl (C=O) groups is 3. The maximum absolute atomic E-state index is 13.7. The normalized spacial score (nSPS) is 19.4. The summed E-state index contributed by atoms with van der Waals surface area (Å²) in [6.07, 6.45) is 6.52. The molecule has 0 saturated carbocycles. The van der Waals surface area contributed by atoms with Crippen molar-refractivity contribution in [3.8, 4) is 22.6 Å². The fourth-order valence-electron chi connectivity index (χ4n) is 7.82. The average Bonchev–Trinajstić information content (AvgIpc) is 3.62. The van der Waals surface area contributed by atoms with Crippen LogP contribution in [-0.2, 0) is 22.5 Å². The van der Waals surface area contributed by atoms with Crippen molar-refractivity contribution in [1.82, 2.24) is 10.2 Å². The van der Waals surface area contributed by atoms with Gasteiger partial charge in [0.2, 0.25) is 0 Å². The van der Waals surface area contributed by atoms with Crippen LogP contribution >= 0.6 is 0 Å². The van der Waals surface area contributed by atoms with Gasteiger partial charge in [-0.3, -0.25) is 4.79 Å². The van der Waals surface area contributed by atoms with Gasteiger partial charge in [-0.15, -0.1) is 0 Å². The molecule has 3 aromatic carbocycles. The number of aromatic hydroxyl groups is 1. The predicted molar refractivity (Wildman–Crippen MR) is 202 cm³/mol. The molecule has 10 heteroatoms. The van der Waals surface area contributed by atoms with E-state index in [0.717, 1.165) is 35.1 Å². The van der Waals surface area contributed by atoms with Gasteiger partial charge in [0.15, 0.2) is 0 Å². The zero-order valence-corrected chi connectivity index (χ0v) is 31.0. The lowest BCUT2D eigenvalue weighted by Crippen LogP contribution is -2.49. The standard InChI is InChI=1S/C43H50N2O8/c1-26(2)12-9-13-27(3)14-10-20-43(4)38(47)23-33-37(46)22-32-34(39(33)53-43)24-45(40(32)48)36(41(49)50)19-11-21-44-42(51)52-25-35-30-17-7-5-15-28(30)29-16-6-8-18-31(29)35/h5-8,12,14-18,22,35-36,38,46-47H,9-11,13,19-21,23-25H2,1-4H3,(H,44,51)(H,49,50)/b27-14+/t36-,38-,43-/m0/s1. The van der Waals surface area contributed by atoms with Gasteiger partial charge in [0.1, 0.15) is 29.7 Å². The van der Waals surface area contributed by atoms with Gasteiger partial charge in [-0.1, -0.05) is 71.8 Å². The van der Waals surface area contributed by atoms with Gasteiger partial charge in [-0.05, 0) is 94.5 Å². The summed E-state index contributed by atoms with van der Waals surface area (Å²) in [5.74, 6) is -1.58. The van der Waals surface area contributed by atoms with E-state index in [-0.39, 0.29) is 56.2 Å². The Bertz CT molecular complexity index is 1900. The molecule has 0 aromatic heterocycles. The minimum absolute atomic E-state index is 0.0108. The van der Waals surface area contributed by atoms with E-state index < -0.39 is 35.7 Å². The topological polar surface area (TPSA) is 146 Å². The van der Waals surface area contributed by atoms with Gasteiger partial charge in [0, 0.05) is 30.0 Å². The van der Waals surface area contributed by atoms with E-state index in [0.29, 0.717) is 29.7 Å². The molecule has 3 aliphatic rings. The number of nitrogens with one attached hydrogen (secondary N) is 1. The lowest BCUT2D eigenvalue weighted by molar-refractivity contribution is -0.142. The summed E-state index contributed by atoms with van der Waals surface area (Å²) in [7, 11) is 0. The third-order valence-corrected chi connectivity index (χ3v) is 10.9. The molecule has 0 bridgehead atoms. The van der Waals surface area contributed by atoms with Crippen molar-refractivity contribution < 1.29 is 39.2 Å². The highest BCUT2D eigenvalue weighted by atomic mass is 16.5. The molecule has 0 radical (unpaired) electrons. The third kappa shape index (κ3) is 7.98. The molecule has 0 fully saturated rings. The number of carbonyl (C=O) groups excluding carboxylic acids is 2. The number of aliphatic hydroxyl groups excluding tert-OH is 1. The van der Waals surface area contributed by atoms with Crippen LogP contribution in [-0.4, -0.2) is 69.1 Å². The first kappa shape index (κ1) is 37.7. The maximum atomic E-state index is 13.7. The van der Waals surface area contributed by atoms with Crippen molar-refractivity contribution in [2.24, 2.45) is 0 Å². The Balaban J connectivity index is 1.05. The number of hydrogen-bond donors (Lipinski definition) is 4. The van der Waals surface area contributed by atoms with Crippen molar-refractivity contribution >= 4 is 18.0 Å². The summed E-state index contributed by atoms with van der Waals surface area (Å²) in [5, 5.41) is 35.0. The van der Waals surface area contributed by atoms with Crippen LogP contribution < -0.4 is 10.1 Å². The number of amides is 2. The van der Waals surface area contributed by atoms with E-state index in [1.54, 1.807) is 0 Å². The Morgan fingerprint density at radius 1 is 1.02 bits per heavy atom. The highest BCUT2D eigenvalue weighted by Crippen LogP contribution is 2.47. The number of ether oxygens (including phenoxy) is 2. The number of aliphatic hydroxyl groups is 1. The van der Waals surface area contributed by atoms with Crippen LogP contribution in [0.4, 0.5) is 4.79 Å². The number of allylic oxidation sites excluding steroid dienone is 4. The van der Waals surface area contributed by atoms with Gasteiger partial charge < -0.3 is 35.0 Å². The highest BCUT2D eigenvalue weighted by molar-refractivity contribution is 6.02. The molecule has 4 N–H and O–H groups in total. The first-order valence-corrected chi connectivity index (χ1v) is 18.5. The SMILES string of the molecule is CC(C)=CCC/C(C)=C/CC[C@]1(C)Oc2c(c(O)cc3c2CN([C@@H](CCCNC(=O)OCC2c4ccccc4-c4ccccc42)C(=O)O)C3=O)C[C@@H]1O. The minimum Gasteiger partial charge on any atom is -0.508 e. The largest absolute Gasteiger partial charge is 0.508 e. The molecule has 6 rings (SSSR count). The summed E-state index contributed by atoms with van der Waals surface area (Å²) in [6, 6.07) is 16.3. The number of rotatable bonds is 14. The molecule has 0 unspecified atom stereocenters. The van der Waals surface area contributed by atoms with Crippen LogP contribution in [0.5, 0.6) is 11.5 Å². The number of carboxylic acids is 1. The zero-order valence-electron chi connectivity index (χ0n) is 31.0. The third-order valence-electron chi connectivity index (χ3n) is 10.9. The lowest BCUT2D eigenvalue weighted by atomic mass is 9.84. The minimum atomic E-state index is -1.17. The number of benzene rings is 3. The Labute approximate surface area is 311 Å². The first-order chi connectivity index (χ1) is 25.4. The van der Waals surface area contributed by atoms with Crippen LogP contribution in [0.2, 0.25) is 0 Å². The molecule has 0 saturated heterocycles. The van der Waals surface area contributed by atoms with E-state index in [1.807, 2.05) is 43.3 Å². The fraction of sp³-hybridized carbons (Fsp3) is 0.419. The number of carboxylic acid groups (broad SMARTS) is 1. The van der Waals surface area contributed by atoms with Crippen LogP contribution in [0.3, 0.4) is 0 Å². The molecule has 1 aliphatic carbocycles. The number of fused-ring (bicyclic) bond motifs is 6. The maximum Gasteiger partial charge on any atom is 0.407 e. The molecular formula is C43H50N2O8. The number of alkyl carbamates (subject to hydrolysis) is 1. The molecule has 2 amide bonds. The van der Waals surface area contributed by atoms with E-state index in [2.05, 4.69) is 50.4 Å². The number of aliphatic carboxylic acids is 1. The van der Waals surface area contributed by atoms with E-state index in [9.17, 15) is 29.7 Å². The van der Waals surface area contributed by atoms with Gasteiger partial charge in [0.25, 0.3) is 5.91 Å². The molecule has 3 aromatic rings. The lowest BCUT2D eigenvalue weighted by Gasteiger charge is -2.41. The summed E-state index contributed by atoms with van der Waals surface area (Å²) in [5.41, 5.74) is 7.16. The average molecular weight is 723 g/mol. The van der Waals surface area contributed by atoms with E-state index in [4.69, 9.17) is 9.47 Å². The number of phenolic OH excluding ortho intramolecular Hbond substituents is 1. The Morgan fingerprint density at radius 2 is 1.70 bits per heavy atom. The molecule has 53 heavy (non-hydrogen) atoms. The van der Waals surface area contributed by atoms with Crippen LogP contribution in [0.25, 0.3) is 11.1 Å². The molecule has 2 aliphatic heterocycles. The summed E-state index contributed by atoms with van der Waals surface area (Å²) >= 11 is 0. The number of nitrogens with zero attached hydrogens (tertiary/aromatic N) is 1. The Hall–Kier alpha value is -5.09. The highest BCUT2D eigenvalue weighted by Gasteiger charge is 2.45. The van der Waals surface area contributed by atoms with E-state index >= 15 is 0 Å². The summed E-state index contributed by atoms with van der Waals surface area (Å²) in [6.45, 7) is 8.41. The Morgan fingerprint density at radius 3 is 2.36 bits per heavy atom. The Kier molecular flexibility index (Phi) is 11.3. The van der Waals surface area contributed by atoms with Gasteiger partial charge in [-0.2, -0.15) is 0 Å². The van der Waals surface area contributed by atoms with E-state index in [1.165, 1.54) is 22.1 Å². The second-order valence-electron chi connectivity index (χ2n) is 15.0. The van der Waals surface area contributed by atoms with Crippen LogP contribution in [0, 0.1) is 0 Å². The molecular weight excluding hydrogens is 672 g/mol. The quantitative estimate of drug-likeness (QED) is 0.0981. The smallest absolute Gasteiger partial charge is 0.407 e. The summed E-state index contributed by atoms with van der Waals surface area (Å²) in [4.78, 5) is 40.1. The number of hydrogen-bond acceptors (Lipinski definition) is 7. The molecule has 280 valence electrons. The molecule has 10 nitrogen and oxygen atoms in total. The second kappa shape index (κ2) is 15.9. The van der Waals surface area contributed by atoms with Crippen molar-refractivity contribution in [3.63, 3.8) is 0 Å². The number of phenols is 1. The molecule has 0 spiro atoms. The monoisotopic (exact) mass is 722 g/mol. The summed E-state index contributed by atoms with van der Waals surface area (Å²) < 4.78 is 12.1. The molecule has 3 atom stereocenters. The van der Waals surface area contributed by atoms with Crippen molar-refractivity contribution in [2.75, 3.05) is 13.2 Å².